The van der Waals surface area contributed by atoms with Crippen LogP contribution < -0.4 is 10.9 Å². The highest BCUT2D eigenvalue weighted by Crippen LogP contribution is 2.30. The van der Waals surface area contributed by atoms with Crippen molar-refractivity contribution < 1.29 is 0 Å². The molecule has 0 bridgehead atoms. The lowest BCUT2D eigenvalue weighted by Crippen LogP contribution is -2.36. The standard InChI is InChI=1S/C14H17ClN4O/c1-2-6-19-14(20)13(10(15)9-16-19)17-11-5-8-18-7-3-4-12(11)18/h1,9,11-12,17H,3-8H2. The number of nitrogens with one attached hydrogen (secondary N) is 1. The number of nitrogens with zero attached hydrogens (tertiary/aromatic N) is 3. The fourth-order valence-corrected chi connectivity index (χ4v) is 3.41. The molecule has 1 N–H and O–H groups in total. The third-order valence-electron chi connectivity index (χ3n) is 4.17. The fourth-order valence-electron chi connectivity index (χ4n) is 3.23. The average Bonchev–Trinajstić information content (AvgIpc) is 3.02. The Bertz CT molecular complexity index is 606. The van der Waals surface area contributed by atoms with Crippen LogP contribution in [0.25, 0.3) is 0 Å². The first kappa shape index (κ1) is 13.5. The van der Waals surface area contributed by atoms with Gasteiger partial charge in [0.05, 0.1) is 11.2 Å². The highest BCUT2D eigenvalue weighted by Gasteiger charge is 2.37. The molecule has 0 aromatic carbocycles. The van der Waals surface area contributed by atoms with Gasteiger partial charge in [0.2, 0.25) is 0 Å². The van der Waals surface area contributed by atoms with Crippen LogP contribution in [-0.2, 0) is 6.54 Å². The number of rotatable bonds is 3. The maximum Gasteiger partial charge on any atom is 0.292 e. The Kier molecular flexibility index (Phi) is 3.68. The lowest BCUT2D eigenvalue weighted by atomic mass is 10.1. The second-order valence-electron chi connectivity index (χ2n) is 5.32. The summed E-state index contributed by atoms with van der Waals surface area (Å²) in [5, 5.41) is 7.64. The van der Waals surface area contributed by atoms with Gasteiger partial charge in [0.15, 0.2) is 0 Å². The van der Waals surface area contributed by atoms with E-state index in [0.29, 0.717) is 16.8 Å². The van der Waals surface area contributed by atoms with Crippen molar-refractivity contribution in [2.24, 2.45) is 0 Å². The second-order valence-corrected chi connectivity index (χ2v) is 5.73. The first-order chi connectivity index (χ1) is 9.70. The van der Waals surface area contributed by atoms with E-state index in [1.54, 1.807) is 0 Å². The predicted octanol–water partition coefficient (Wildman–Crippen LogP) is 1.18. The lowest BCUT2D eigenvalue weighted by molar-refractivity contribution is 0.318. The number of hydrogen-bond donors (Lipinski definition) is 1. The molecular formula is C14H17ClN4O. The Morgan fingerprint density at radius 1 is 1.50 bits per heavy atom. The molecule has 0 spiro atoms. The Labute approximate surface area is 122 Å². The van der Waals surface area contributed by atoms with E-state index < -0.39 is 0 Å². The van der Waals surface area contributed by atoms with Crippen molar-refractivity contribution in [3.8, 4) is 12.3 Å². The number of halogens is 1. The normalized spacial score (nSPS) is 25.4. The van der Waals surface area contributed by atoms with Crippen LogP contribution >= 0.6 is 11.6 Å². The number of fused-ring (bicyclic) bond motifs is 1. The Hall–Kier alpha value is -1.51. The maximum atomic E-state index is 12.3. The second kappa shape index (κ2) is 5.47. The Morgan fingerprint density at radius 2 is 2.35 bits per heavy atom. The third-order valence-corrected chi connectivity index (χ3v) is 4.46. The van der Waals surface area contributed by atoms with Crippen molar-refractivity contribution in [3.63, 3.8) is 0 Å². The van der Waals surface area contributed by atoms with Gasteiger partial charge in [0, 0.05) is 18.6 Å². The molecule has 0 amide bonds. The van der Waals surface area contributed by atoms with Crippen molar-refractivity contribution in [1.29, 1.82) is 0 Å². The highest BCUT2D eigenvalue weighted by molar-refractivity contribution is 6.33. The van der Waals surface area contributed by atoms with Gasteiger partial charge in [-0.05, 0) is 25.8 Å². The summed E-state index contributed by atoms with van der Waals surface area (Å²) in [7, 11) is 0. The summed E-state index contributed by atoms with van der Waals surface area (Å²) in [6, 6.07) is 0.795. The Balaban J connectivity index is 1.85. The van der Waals surface area contributed by atoms with E-state index in [1.165, 1.54) is 23.7 Å². The van der Waals surface area contributed by atoms with Crippen LogP contribution in [0.2, 0.25) is 5.02 Å². The largest absolute Gasteiger partial charge is 0.375 e. The van der Waals surface area contributed by atoms with Crippen molar-refractivity contribution in [2.45, 2.75) is 37.9 Å². The summed E-state index contributed by atoms with van der Waals surface area (Å²) in [6.45, 7) is 2.41. The monoisotopic (exact) mass is 292 g/mol. The van der Waals surface area contributed by atoms with Gasteiger partial charge in [0.1, 0.15) is 12.2 Å². The molecule has 2 aliphatic rings. The first-order valence-electron chi connectivity index (χ1n) is 6.90. The van der Waals surface area contributed by atoms with Gasteiger partial charge < -0.3 is 5.32 Å². The molecule has 0 radical (unpaired) electrons. The van der Waals surface area contributed by atoms with Gasteiger partial charge in [-0.1, -0.05) is 17.5 Å². The molecule has 1 aromatic rings. The van der Waals surface area contributed by atoms with Crippen LogP contribution in [-0.4, -0.2) is 39.9 Å². The summed E-state index contributed by atoms with van der Waals surface area (Å²) >= 11 is 6.12. The van der Waals surface area contributed by atoms with E-state index in [0.717, 1.165) is 19.5 Å². The molecule has 3 heterocycles. The minimum absolute atomic E-state index is 0.158. The van der Waals surface area contributed by atoms with Crippen molar-refractivity contribution >= 4 is 17.3 Å². The van der Waals surface area contributed by atoms with Gasteiger partial charge in [-0.2, -0.15) is 5.10 Å². The maximum absolute atomic E-state index is 12.3. The molecule has 2 atom stereocenters. The topological polar surface area (TPSA) is 50.2 Å². The van der Waals surface area contributed by atoms with Crippen LogP contribution in [0.5, 0.6) is 0 Å². The number of anilines is 1. The zero-order valence-corrected chi connectivity index (χ0v) is 11.9. The van der Waals surface area contributed by atoms with Crippen LogP contribution in [0.1, 0.15) is 19.3 Å². The third kappa shape index (κ3) is 2.30. The molecule has 1 aromatic heterocycles. The molecule has 2 fully saturated rings. The first-order valence-corrected chi connectivity index (χ1v) is 7.28. The zero-order chi connectivity index (χ0) is 14.1. The van der Waals surface area contributed by atoms with E-state index in [4.69, 9.17) is 18.0 Å². The predicted molar refractivity (Wildman–Crippen MR) is 79.0 cm³/mol. The molecule has 0 aliphatic carbocycles. The minimum Gasteiger partial charge on any atom is -0.375 e. The summed E-state index contributed by atoms with van der Waals surface area (Å²) < 4.78 is 1.26. The summed E-state index contributed by atoms with van der Waals surface area (Å²) in [6.07, 6.45) is 10.2. The average molecular weight is 293 g/mol. The van der Waals surface area contributed by atoms with Crippen LogP contribution in [0.3, 0.4) is 0 Å². The molecular weight excluding hydrogens is 276 g/mol. The molecule has 2 unspecified atom stereocenters. The number of terminal acetylenes is 1. The summed E-state index contributed by atoms with van der Waals surface area (Å²) in [5.41, 5.74) is 0.183. The van der Waals surface area contributed by atoms with Gasteiger partial charge >= 0.3 is 0 Å². The molecule has 106 valence electrons. The molecule has 0 saturated carbocycles. The van der Waals surface area contributed by atoms with Gasteiger partial charge in [-0.3, -0.25) is 9.69 Å². The van der Waals surface area contributed by atoms with E-state index in [9.17, 15) is 4.79 Å². The quantitative estimate of drug-likeness (QED) is 0.850. The summed E-state index contributed by atoms with van der Waals surface area (Å²) in [4.78, 5) is 14.8. The van der Waals surface area contributed by atoms with E-state index in [2.05, 4.69) is 21.2 Å². The lowest BCUT2D eigenvalue weighted by Gasteiger charge is -2.22. The molecule has 3 rings (SSSR count). The van der Waals surface area contributed by atoms with Crippen molar-refractivity contribution in [3.05, 3.63) is 21.6 Å². The SMILES string of the molecule is C#CCn1ncc(Cl)c(NC2CCN3CCCC23)c1=O. The van der Waals surface area contributed by atoms with E-state index >= 15 is 0 Å². The van der Waals surface area contributed by atoms with E-state index in [1.807, 2.05) is 0 Å². The number of hydrogen-bond acceptors (Lipinski definition) is 4. The summed E-state index contributed by atoms with van der Waals surface area (Å²) in [5.74, 6) is 2.42. The van der Waals surface area contributed by atoms with Crippen molar-refractivity contribution in [1.82, 2.24) is 14.7 Å². The van der Waals surface area contributed by atoms with Gasteiger partial charge in [0.25, 0.3) is 5.56 Å². The zero-order valence-electron chi connectivity index (χ0n) is 11.2. The Morgan fingerprint density at radius 3 is 3.15 bits per heavy atom. The van der Waals surface area contributed by atoms with Crippen LogP contribution in [0, 0.1) is 12.3 Å². The molecule has 2 saturated heterocycles. The molecule has 20 heavy (non-hydrogen) atoms. The van der Waals surface area contributed by atoms with Crippen LogP contribution in [0.4, 0.5) is 5.69 Å². The smallest absolute Gasteiger partial charge is 0.292 e. The minimum atomic E-state index is -0.244. The highest BCUT2D eigenvalue weighted by atomic mass is 35.5. The van der Waals surface area contributed by atoms with Gasteiger partial charge in [-0.15, -0.1) is 6.42 Å². The van der Waals surface area contributed by atoms with Crippen molar-refractivity contribution in [2.75, 3.05) is 18.4 Å². The fraction of sp³-hybridized carbons (Fsp3) is 0.571. The number of aromatic nitrogens is 2. The molecule has 2 aliphatic heterocycles. The van der Waals surface area contributed by atoms with Gasteiger partial charge in [-0.25, -0.2) is 4.68 Å². The molecule has 6 heteroatoms. The molecule has 5 nitrogen and oxygen atoms in total. The van der Waals surface area contributed by atoms with E-state index in [-0.39, 0.29) is 18.1 Å². The van der Waals surface area contributed by atoms with Crippen LogP contribution in [0.15, 0.2) is 11.0 Å².